The molecule has 0 aliphatic carbocycles. The molecule has 1 heterocycles. The molecule has 1 aromatic rings. The van der Waals surface area contributed by atoms with Crippen molar-refractivity contribution in [3.63, 3.8) is 0 Å². The van der Waals surface area contributed by atoms with Gasteiger partial charge in [0.05, 0.1) is 6.33 Å². The molecule has 0 bridgehead atoms. The highest BCUT2D eigenvalue weighted by molar-refractivity contribution is 6.40. The molecule has 0 saturated carbocycles. The maximum Gasteiger partial charge on any atom is 0.165 e. The number of nitrogens with zero attached hydrogens (tertiary/aromatic N) is 1. The fraction of sp³-hybridized carbons (Fsp3) is 0.500. The third kappa shape index (κ3) is 5.07. The van der Waals surface area contributed by atoms with Gasteiger partial charge in [0.15, 0.2) is 5.15 Å². The molecule has 0 saturated heterocycles. The van der Waals surface area contributed by atoms with Crippen molar-refractivity contribution in [2.24, 2.45) is 5.73 Å². The molecule has 11 heavy (non-hydrogen) atoms. The molecule has 1 rings (SSSR count). The number of H-pyrrole nitrogens is 1. The minimum absolute atomic E-state index is 0.321. The van der Waals surface area contributed by atoms with Gasteiger partial charge in [-0.15, -0.1) is 0 Å². The second-order valence-electron chi connectivity index (χ2n) is 1.80. The first-order valence-corrected chi connectivity index (χ1v) is 4.02. The molecule has 0 fully saturated rings. The summed E-state index contributed by atoms with van der Waals surface area (Å²) in [5, 5.41) is 0.711. The molecule has 0 radical (unpaired) electrons. The number of hydrogen-bond donors (Lipinski definition) is 2. The Kier molecular flexibility index (Phi) is 6.31. The number of imidazole rings is 1. The lowest BCUT2D eigenvalue weighted by atomic mass is 10.5. The first kappa shape index (κ1) is 10.8. The third-order valence-corrected chi connectivity index (χ3v) is 1.51. The molecule has 0 unspecified atom stereocenters. The maximum atomic E-state index is 5.37. The quantitative estimate of drug-likeness (QED) is 0.722. The Morgan fingerprint density at radius 2 is 2.18 bits per heavy atom. The number of nitrogens with two attached hydrogens (primary N) is 1. The van der Waals surface area contributed by atoms with Crippen LogP contribution in [0.4, 0.5) is 0 Å². The van der Waals surface area contributed by atoms with Crippen LogP contribution in [0.5, 0.6) is 0 Å². The molecular formula is C6H11Cl2N3. The van der Waals surface area contributed by atoms with Crippen molar-refractivity contribution in [3.8, 4) is 0 Å². The molecule has 5 heteroatoms. The van der Waals surface area contributed by atoms with Crippen LogP contribution in [0.1, 0.15) is 13.3 Å². The fourth-order valence-electron chi connectivity index (χ4n) is 0.262. The lowest BCUT2D eigenvalue weighted by Crippen LogP contribution is -1.93. The van der Waals surface area contributed by atoms with Gasteiger partial charge in [0, 0.05) is 0 Å². The summed E-state index contributed by atoms with van der Waals surface area (Å²) in [6, 6.07) is 0. The number of aromatic amines is 1. The van der Waals surface area contributed by atoms with E-state index in [0.29, 0.717) is 10.3 Å². The smallest absolute Gasteiger partial charge is 0.165 e. The van der Waals surface area contributed by atoms with Gasteiger partial charge in [0.25, 0.3) is 0 Å². The van der Waals surface area contributed by atoms with Crippen LogP contribution < -0.4 is 5.73 Å². The number of hydrogen-bond acceptors (Lipinski definition) is 2. The molecule has 0 aliphatic heterocycles. The zero-order valence-corrected chi connectivity index (χ0v) is 7.78. The zero-order chi connectivity index (χ0) is 8.69. The number of rotatable bonds is 1. The predicted octanol–water partition coefficient (Wildman–Crippen LogP) is 2.07. The minimum Gasteiger partial charge on any atom is -0.334 e. The molecule has 1 aromatic heterocycles. The first-order valence-electron chi connectivity index (χ1n) is 3.26. The molecule has 0 spiro atoms. The van der Waals surface area contributed by atoms with Crippen LogP contribution in [0.3, 0.4) is 0 Å². The summed E-state index contributed by atoms with van der Waals surface area (Å²) in [5.74, 6) is 0. The van der Waals surface area contributed by atoms with Crippen molar-refractivity contribution >= 4 is 23.2 Å². The topological polar surface area (TPSA) is 54.7 Å². The highest BCUT2D eigenvalue weighted by Crippen LogP contribution is 2.13. The monoisotopic (exact) mass is 195 g/mol. The Bertz CT molecular complexity index is 169. The van der Waals surface area contributed by atoms with Crippen LogP contribution in [0, 0.1) is 0 Å². The van der Waals surface area contributed by atoms with Crippen molar-refractivity contribution in [2.75, 3.05) is 6.54 Å². The van der Waals surface area contributed by atoms with E-state index in [-0.39, 0.29) is 0 Å². The van der Waals surface area contributed by atoms with Gasteiger partial charge in [-0.2, -0.15) is 0 Å². The van der Waals surface area contributed by atoms with Crippen LogP contribution in [-0.2, 0) is 0 Å². The number of halogens is 2. The van der Waals surface area contributed by atoms with E-state index in [4.69, 9.17) is 28.9 Å². The average molecular weight is 196 g/mol. The SMILES string of the molecule is CCCN.Clc1nc[nH]c1Cl. The van der Waals surface area contributed by atoms with E-state index in [1.165, 1.54) is 6.33 Å². The number of aromatic nitrogens is 2. The molecule has 64 valence electrons. The second kappa shape index (κ2) is 6.46. The first-order chi connectivity index (χ1) is 5.22. The lowest BCUT2D eigenvalue weighted by Gasteiger charge is -1.72. The zero-order valence-electron chi connectivity index (χ0n) is 6.27. The molecule has 0 amide bonds. The van der Waals surface area contributed by atoms with Crippen LogP contribution in [0.25, 0.3) is 0 Å². The molecule has 0 aliphatic rings. The van der Waals surface area contributed by atoms with Crippen molar-refractivity contribution in [2.45, 2.75) is 13.3 Å². The fourth-order valence-corrected chi connectivity index (χ4v) is 0.463. The van der Waals surface area contributed by atoms with E-state index in [0.717, 1.165) is 13.0 Å². The van der Waals surface area contributed by atoms with Crippen molar-refractivity contribution < 1.29 is 0 Å². The Morgan fingerprint density at radius 1 is 1.64 bits per heavy atom. The molecule has 3 N–H and O–H groups in total. The normalized spacial score (nSPS) is 8.73. The Hall–Kier alpha value is -0.250. The van der Waals surface area contributed by atoms with Gasteiger partial charge in [-0.1, -0.05) is 30.1 Å². The third-order valence-electron chi connectivity index (χ3n) is 0.839. The predicted molar refractivity (Wildman–Crippen MR) is 48.0 cm³/mol. The largest absolute Gasteiger partial charge is 0.334 e. The van der Waals surface area contributed by atoms with Gasteiger partial charge in [0.2, 0.25) is 0 Å². The average Bonchev–Trinajstić information content (AvgIpc) is 2.37. The Balaban J connectivity index is 0.000000218. The van der Waals surface area contributed by atoms with E-state index in [1.54, 1.807) is 0 Å². The summed E-state index contributed by atoms with van der Waals surface area (Å²) in [6.07, 6.45) is 2.53. The van der Waals surface area contributed by atoms with E-state index >= 15 is 0 Å². The van der Waals surface area contributed by atoms with E-state index in [9.17, 15) is 0 Å². The van der Waals surface area contributed by atoms with Gasteiger partial charge >= 0.3 is 0 Å². The van der Waals surface area contributed by atoms with Gasteiger partial charge in [0.1, 0.15) is 5.15 Å². The molecule has 0 atom stereocenters. The van der Waals surface area contributed by atoms with Crippen molar-refractivity contribution in [3.05, 3.63) is 16.6 Å². The number of nitrogens with one attached hydrogen (secondary N) is 1. The highest BCUT2D eigenvalue weighted by Gasteiger charge is 1.93. The second-order valence-corrected chi connectivity index (χ2v) is 2.53. The summed E-state index contributed by atoms with van der Waals surface area (Å²) in [7, 11) is 0. The molecule has 3 nitrogen and oxygen atoms in total. The summed E-state index contributed by atoms with van der Waals surface area (Å²) in [6.45, 7) is 2.88. The van der Waals surface area contributed by atoms with Crippen molar-refractivity contribution in [1.82, 2.24) is 9.97 Å². The Morgan fingerprint density at radius 3 is 2.27 bits per heavy atom. The van der Waals surface area contributed by atoms with Gasteiger partial charge in [-0.25, -0.2) is 4.98 Å². The maximum absolute atomic E-state index is 5.37. The van der Waals surface area contributed by atoms with Crippen LogP contribution in [-0.4, -0.2) is 16.5 Å². The lowest BCUT2D eigenvalue weighted by molar-refractivity contribution is 0.932. The summed E-state index contributed by atoms with van der Waals surface area (Å²) < 4.78 is 0. The summed E-state index contributed by atoms with van der Waals surface area (Å²) >= 11 is 10.7. The summed E-state index contributed by atoms with van der Waals surface area (Å²) in [4.78, 5) is 6.18. The highest BCUT2D eigenvalue weighted by atomic mass is 35.5. The van der Waals surface area contributed by atoms with E-state index in [1.807, 2.05) is 0 Å². The Labute approximate surface area is 75.9 Å². The standard InChI is InChI=1S/C3H2Cl2N2.C3H9N/c4-2-3(5)7-1-6-2;1-2-3-4/h1H,(H,6,7);2-4H2,1H3. The van der Waals surface area contributed by atoms with Crippen LogP contribution in [0.2, 0.25) is 10.3 Å². The van der Waals surface area contributed by atoms with Gasteiger partial charge < -0.3 is 10.7 Å². The molecular weight excluding hydrogens is 185 g/mol. The summed E-state index contributed by atoms with van der Waals surface area (Å²) in [5.41, 5.74) is 5.03. The minimum atomic E-state index is 0.321. The van der Waals surface area contributed by atoms with E-state index in [2.05, 4.69) is 16.9 Å². The van der Waals surface area contributed by atoms with Gasteiger partial charge in [-0.05, 0) is 13.0 Å². The van der Waals surface area contributed by atoms with Crippen LogP contribution >= 0.6 is 23.2 Å². The van der Waals surface area contributed by atoms with Crippen LogP contribution in [0.15, 0.2) is 6.33 Å². The van der Waals surface area contributed by atoms with Gasteiger partial charge in [-0.3, -0.25) is 0 Å². The van der Waals surface area contributed by atoms with E-state index < -0.39 is 0 Å². The molecule has 0 aromatic carbocycles. The van der Waals surface area contributed by atoms with Crippen molar-refractivity contribution in [1.29, 1.82) is 0 Å².